The highest BCUT2D eigenvalue weighted by Crippen LogP contribution is 2.37. The highest BCUT2D eigenvalue weighted by molar-refractivity contribution is 6.00. The normalized spacial score (nSPS) is 13.2. The van der Waals surface area contributed by atoms with Crippen LogP contribution in [-0.4, -0.2) is 16.8 Å². The first-order valence-electron chi connectivity index (χ1n) is 10.7. The second kappa shape index (κ2) is 9.77. The Bertz CT molecular complexity index is 1200. The van der Waals surface area contributed by atoms with E-state index in [1.54, 1.807) is 24.3 Å². The summed E-state index contributed by atoms with van der Waals surface area (Å²) < 4.78 is 34.3. The molecule has 0 atom stereocenters. The number of ether oxygens (including phenoxy) is 1. The number of halogens is 2. The molecule has 0 spiro atoms. The second-order valence-electron chi connectivity index (χ2n) is 8.05. The van der Waals surface area contributed by atoms with E-state index in [9.17, 15) is 18.4 Å². The molecule has 170 valence electrons. The van der Waals surface area contributed by atoms with Gasteiger partial charge in [-0.05, 0) is 61.6 Å². The van der Waals surface area contributed by atoms with Crippen molar-refractivity contribution in [2.45, 2.75) is 38.5 Å². The third-order valence-corrected chi connectivity index (χ3v) is 5.46. The van der Waals surface area contributed by atoms with E-state index >= 15 is 0 Å². The van der Waals surface area contributed by atoms with Crippen LogP contribution in [0.3, 0.4) is 0 Å². The predicted molar refractivity (Wildman–Crippen MR) is 121 cm³/mol. The first kappa shape index (κ1) is 22.4. The highest BCUT2D eigenvalue weighted by Gasteiger charge is 2.21. The fraction of sp³-hybridized carbons (Fsp3) is 0.240. The topological polar surface area (TPSA) is 80.3 Å². The van der Waals surface area contributed by atoms with E-state index in [4.69, 9.17) is 4.74 Å². The van der Waals surface area contributed by atoms with Gasteiger partial charge in [-0.1, -0.05) is 12.5 Å². The summed E-state index contributed by atoms with van der Waals surface area (Å²) in [6.45, 7) is 1.46. The van der Waals surface area contributed by atoms with Crippen LogP contribution in [0.5, 0.6) is 11.5 Å². The third-order valence-electron chi connectivity index (χ3n) is 5.46. The van der Waals surface area contributed by atoms with Crippen LogP contribution in [0.25, 0.3) is 0 Å². The molecule has 3 aromatic rings. The Hall–Kier alpha value is -3.81. The molecule has 2 N–H and O–H groups in total. The lowest BCUT2D eigenvalue weighted by Gasteiger charge is -2.26. The second-order valence-corrected chi connectivity index (χ2v) is 8.05. The van der Waals surface area contributed by atoms with Gasteiger partial charge in [-0.3, -0.25) is 9.78 Å². The zero-order valence-electron chi connectivity index (χ0n) is 18.0. The van der Waals surface area contributed by atoms with Gasteiger partial charge in [-0.25, -0.2) is 13.6 Å². The summed E-state index contributed by atoms with van der Waals surface area (Å²) in [5, 5.41) is 4.84. The molecule has 8 heteroatoms. The van der Waals surface area contributed by atoms with Crippen LogP contribution in [0.2, 0.25) is 0 Å². The number of hydrogen-bond acceptors (Lipinski definition) is 4. The molecule has 1 heterocycles. The van der Waals surface area contributed by atoms with E-state index in [0.717, 1.165) is 30.9 Å². The van der Waals surface area contributed by atoms with Gasteiger partial charge in [0, 0.05) is 24.8 Å². The summed E-state index contributed by atoms with van der Waals surface area (Å²) in [4.78, 5) is 27.7. The molecule has 0 radical (unpaired) electrons. The fourth-order valence-electron chi connectivity index (χ4n) is 3.58. The van der Waals surface area contributed by atoms with Gasteiger partial charge < -0.3 is 15.4 Å². The number of benzene rings is 2. The van der Waals surface area contributed by atoms with Crippen molar-refractivity contribution in [3.05, 3.63) is 77.6 Å². The highest BCUT2D eigenvalue weighted by atomic mass is 19.1. The van der Waals surface area contributed by atoms with Crippen LogP contribution >= 0.6 is 0 Å². The standard InChI is InChI=1S/C25H23F2N3O3/c1-15(31)11-18-13-20(9-10-28-18)33-19-6-8-23(22(27)14-19)29-25(32)30-24-12-17(5-7-21(24)26)16-3-2-4-16/h5-10,12-14,16H,2-4,11H2,1H3,(H2,29,30,32). The summed E-state index contributed by atoms with van der Waals surface area (Å²) in [7, 11) is 0. The van der Waals surface area contributed by atoms with Gasteiger partial charge in [0.2, 0.25) is 0 Å². The number of Topliss-reactive ketones (excluding diaryl/α,β-unsaturated/α-hetero) is 1. The summed E-state index contributed by atoms with van der Waals surface area (Å²) in [6.07, 6.45) is 4.92. The molecule has 0 unspecified atom stereocenters. The zero-order chi connectivity index (χ0) is 23.4. The third kappa shape index (κ3) is 5.71. The Labute approximate surface area is 190 Å². The SMILES string of the molecule is CC(=O)Cc1cc(Oc2ccc(NC(=O)Nc3cc(C4CCC4)ccc3F)c(F)c2)ccn1. The molecule has 1 aromatic heterocycles. The van der Waals surface area contributed by atoms with Crippen LogP contribution in [0.15, 0.2) is 54.7 Å². The number of nitrogens with one attached hydrogen (secondary N) is 2. The lowest BCUT2D eigenvalue weighted by molar-refractivity contribution is -0.116. The van der Waals surface area contributed by atoms with Crippen LogP contribution in [0.4, 0.5) is 25.0 Å². The quantitative estimate of drug-likeness (QED) is 0.449. The molecule has 1 aliphatic carbocycles. The van der Waals surface area contributed by atoms with E-state index in [1.165, 1.54) is 31.3 Å². The van der Waals surface area contributed by atoms with Crippen molar-refractivity contribution in [3.63, 3.8) is 0 Å². The number of rotatable bonds is 7. The number of aromatic nitrogens is 1. The van der Waals surface area contributed by atoms with Gasteiger partial charge in [0.15, 0.2) is 0 Å². The van der Waals surface area contributed by atoms with E-state index < -0.39 is 17.7 Å². The van der Waals surface area contributed by atoms with Crippen LogP contribution in [-0.2, 0) is 11.2 Å². The van der Waals surface area contributed by atoms with E-state index in [-0.39, 0.29) is 29.3 Å². The van der Waals surface area contributed by atoms with Crippen LogP contribution in [0, 0.1) is 11.6 Å². The molecule has 4 rings (SSSR count). The van der Waals surface area contributed by atoms with Gasteiger partial charge in [-0.15, -0.1) is 0 Å². The number of urea groups is 1. The summed E-state index contributed by atoms with van der Waals surface area (Å²) in [5.74, 6) is -0.311. The molecule has 1 saturated carbocycles. The number of hydrogen-bond donors (Lipinski definition) is 2. The van der Waals surface area contributed by atoms with Crippen molar-refractivity contribution >= 4 is 23.2 Å². The number of amides is 2. The van der Waals surface area contributed by atoms with Gasteiger partial charge in [0.1, 0.15) is 28.9 Å². The van der Waals surface area contributed by atoms with Gasteiger partial charge >= 0.3 is 6.03 Å². The van der Waals surface area contributed by atoms with Gasteiger partial charge in [0.25, 0.3) is 0 Å². The minimum Gasteiger partial charge on any atom is -0.457 e. The van der Waals surface area contributed by atoms with Crippen molar-refractivity contribution in [2.24, 2.45) is 0 Å². The number of anilines is 2. The predicted octanol–water partition coefficient (Wildman–Crippen LogP) is 6.20. The number of pyridine rings is 1. The van der Waals surface area contributed by atoms with Crippen molar-refractivity contribution in [1.29, 1.82) is 0 Å². The Morgan fingerprint density at radius 1 is 0.970 bits per heavy atom. The van der Waals surface area contributed by atoms with E-state index in [2.05, 4.69) is 15.6 Å². The first-order valence-corrected chi connectivity index (χ1v) is 10.7. The molecular weight excluding hydrogens is 428 g/mol. The molecule has 2 aromatic carbocycles. The van der Waals surface area contributed by atoms with Crippen LogP contribution < -0.4 is 15.4 Å². The molecule has 0 saturated heterocycles. The molecule has 1 fully saturated rings. The average Bonchev–Trinajstić information content (AvgIpc) is 2.71. The van der Waals surface area contributed by atoms with Crippen molar-refractivity contribution < 1.29 is 23.1 Å². The molecule has 2 amide bonds. The number of nitrogens with zero attached hydrogens (tertiary/aromatic N) is 1. The summed E-state index contributed by atoms with van der Waals surface area (Å²) in [6, 6.07) is 11.1. The van der Waals surface area contributed by atoms with E-state index in [1.807, 2.05) is 0 Å². The molecular formula is C25H23F2N3O3. The summed E-state index contributed by atoms with van der Waals surface area (Å²) >= 11 is 0. The van der Waals surface area contributed by atoms with Crippen molar-refractivity contribution in [2.75, 3.05) is 10.6 Å². The van der Waals surface area contributed by atoms with Crippen LogP contribution in [0.1, 0.15) is 43.4 Å². The van der Waals surface area contributed by atoms with Crippen molar-refractivity contribution in [3.8, 4) is 11.5 Å². The molecule has 0 aliphatic heterocycles. The lowest BCUT2D eigenvalue weighted by Crippen LogP contribution is -2.21. The lowest BCUT2D eigenvalue weighted by atomic mass is 9.80. The Balaban J connectivity index is 1.40. The summed E-state index contributed by atoms with van der Waals surface area (Å²) in [5.41, 5.74) is 1.50. The Kier molecular flexibility index (Phi) is 6.63. The van der Waals surface area contributed by atoms with Crippen molar-refractivity contribution in [1.82, 2.24) is 4.98 Å². The smallest absolute Gasteiger partial charge is 0.323 e. The molecule has 33 heavy (non-hydrogen) atoms. The Morgan fingerprint density at radius 2 is 1.73 bits per heavy atom. The van der Waals surface area contributed by atoms with Gasteiger partial charge in [0.05, 0.1) is 17.1 Å². The first-order chi connectivity index (χ1) is 15.9. The number of carbonyl (C=O) groups is 2. The minimum atomic E-state index is -0.754. The minimum absolute atomic E-state index is 0.0333. The fourth-order valence-corrected chi connectivity index (χ4v) is 3.58. The monoisotopic (exact) mass is 451 g/mol. The zero-order valence-corrected chi connectivity index (χ0v) is 18.0. The molecule has 1 aliphatic rings. The molecule has 0 bridgehead atoms. The number of ketones is 1. The van der Waals surface area contributed by atoms with E-state index in [0.29, 0.717) is 17.4 Å². The number of carbonyl (C=O) groups excluding carboxylic acids is 2. The maximum atomic E-state index is 14.6. The molecule has 6 nitrogen and oxygen atoms in total. The Morgan fingerprint density at radius 3 is 2.42 bits per heavy atom. The largest absolute Gasteiger partial charge is 0.457 e. The maximum absolute atomic E-state index is 14.6. The maximum Gasteiger partial charge on any atom is 0.323 e. The van der Waals surface area contributed by atoms with Gasteiger partial charge in [-0.2, -0.15) is 0 Å². The average molecular weight is 451 g/mol.